The van der Waals surface area contributed by atoms with E-state index in [4.69, 9.17) is 0 Å². The van der Waals surface area contributed by atoms with E-state index in [0.29, 0.717) is 29.8 Å². The van der Waals surface area contributed by atoms with Gasteiger partial charge in [0.05, 0.1) is 0 Å². The first-order valence-electron chi connectivity index (χ1n) is 10.9. The Morgan fingerprint density at radius 2 is 1.68 bits per heavy atom. The van der Waals surface area contributed by atoms with Crippen LogP contribution in [-0.2, 0) is 4.79 Å². The van der Waals surface area contributed by atoms with Gasteiger partial charge in [0.15, 0.2) is 0 Å². The molecule has 0 radical (unpaired) electrons. The third-order valence-corrected chi connectivity index (χ3v) is 7.30. The summed E-state index contributed by atoms with van der Waals surface area (Å²) in [4.78, 5) is 17.7. The second-order valence-corrected chi connectivity index (χ2v) is 9.51. The maximum atomic E-state index is 12.9. The topological polar surface area (TPSA) is 35.6 Å². The molecule has 4 heterocycles. The Labute approximate surface area is 153 Å². The minimum Gasteiger partial charge on any atom is -0.342 e. The van der Waals surface area contributed by atoms with Crippen LogP contribution >= 0.6 is 0 Å². The Balaban J connectivity index is 1.24. The first kappa shape index (κ1) is 17.8. The van der Waals surface area contributed by atoms with E-state index in [0.717, 1.165) is 25.4 Å². The molecule has 4 nitrogen and oxygen atoms in total. The quantitative estimate of drug-likeness (QED) is 0.849. The average Bonchev–Trinajstić information content (AvgIpc) is 2.96. The van der Waals surface area contributed by atoms with Crippen molar-refractivity contribution in [2.75, 3.05) is 32.7 Å². The summed E-state index contributed by atoms with van der Waals surface area (Å²) in [6.07, 6.45) is 11.1. The molecule has 0 aromatic carbocycles. The number of hydrogen-bond acceptors (Lipinski definition) is 3. The molecule has 4 aliphatic heterocycles. The van der Waals surface area contributed by atoms with Crippen molar-refractivity contribution in [1.29, 1.82) is 0 Å². The summed E-state index contributed by atoms with van der Waals surface area (Å²) in [5.74, 6) is 2.69. The second kappa shape index (κ2) is 7.96. The summed E-state index contributed by atoms with van der Waals surface area (Å²) in [7, 11) is 0. The van der Waals surface area contributed by atoms with Gasteiger partial charge in [-0.3, -0.25) is 4.79 Å². The zero-order valence-corrected chi connectivity index (χ0v) is 16.1. The summed E-state index contributed by atoms with van der Waals surface area (Å²) in [6.45, 7) is 8.15. The Morgan fingerprint density at radius 1 is 0.960 bits per heavy atom. The maximum Gasteiger partial charge on any atom is 0.222 e. The van der Waals surface area contributed by atoms with Crippen LogP contribution in [0.3, 0.4) is 0 Å². The highest BCUT2D eigenvalue weighted by atomic mass is 16.2. The molecule has 142 valence electrons. The fourth-order valence-corrected chi connectivity index (χ4v) is 5.77. The number of hydrogen-bond donors (Lipinski definition) is 1. The van der Waals surface area contributed by atoms with E-state index < -0.39 is 0 Å². The van der Waals surface area contributed by atoms with Crippen molar-refractivity contribution in [3.8, 4) is 0 Å². The van der Waals surface area contributed by atoms with Crippen molar-refractivity contribution in [1.82, 2.24) is 15.1 Å². The van der Waals surface area contributed by atoms with Crippen LogP contribution in [0.1, 0.15) is 64.7 Å². The number of nitrogens with zero attached hydrogens (tertiary/aromatic N) is 2. The number of nitrogens with one attached hydrogen (secondary N) is 1. The van der Waals surface area contributed by atoms with Gasteiger partial charge in [-0.15, -0.1) is 0 Å². The first-order valence-corrected chi connectivity index (χ1v) is 10.9. The SMILES string of the molecule is CC1CCN(CC2CCCN(C(=O)CC3CC4CCC(C3)N4)C2)CC1. The number of likely N-dealkylation sites (tertiary alicyclic amines) is 2. The van der Waals surface area contributed by atoms with Gasteiger partial charge in [-0.05, 0) is 82.2 Å². The molecule has 0 aliphatic carbocycles. The third kappa shape index (κ3) is 4.57. The van der Waals surface area contributed by atoms with Crippen molar-refractivity contribution in [3.05, 3.63) is 0 Å². The molecule has 3 unspecified atom stereocenters. The highest BCUT2D eigenvalue weighted by molar-refractivity contribution is 5.76. The van der Waals surface area contributed by atoms with Crippen molar-refractivity contribution >= 4 is 5.91 Å². The van der Waals surface area contributed by atoms with Crippen molar-refractivity contribution in [2.45, 2.75) is 76.8 Å². The van der Waals surface area contributed by atoms with E-state index in [1.54, 1.807) is 0 Å². The lowest BCUT2D eigenvalue weighted by Crippen LogP contribution is -2.46. The van der Waals surface area contributed by atoms with Gasteiger partial charge < -0.3 is 15.1 Å². The van der Waals surface area contributed by atoms with Crippen LogP contribution in [0, 0.1) is 17.8 Å². The molecule has 4 fully saturated rings. The van der Waals surface area contributed by atoms with Gasteiger partial charge in [-0.2, -0.15) is 0 Å². The predicted octanol–water partition coefficient (Wildman–Crippen LogP) is 2.88. The molecule has 0 spiro atoms. The zero-order valence-electron chi connectivity index (χ0n) is 16.1. The number of piperidine rings is 3. The molecule has 25 heavy (non-hydrogen) atoms. The molecule has 4 saturated heterocycles. The van der Waals surface area contributed by atoms with Crippen LogP contribution in [0.5, 0.6) is 0 Å². The molecule has 1 N–H and O–H groups in total. The smallest absolute Gasteiger partial charge is 0.222 e. The molecule has 4 heteroatoms. The van der Waals surface area contributed by atoms with Crippen LogP contribution < -0.4 is 5.32 Å². The van der Waals surface area contributed by atoms with Crippen molar-refractivity contribution in [2.24, 2.45) is 17.8 Å². The van der Waals surface area contributed by atoms with Crippen LogP contribution in [0.15, 0.2) is 0 Å². The van der Waals surface area contributed by atoms with E-state index in [-0.39, 0.29) is 0 Å². The Hall–Kier alpha value is -0.610. The van der Waals surface area contributed by atoms with E-state index in [1.807, 2.05) is 0 Å². The molecule has 0 aromatic rings. The summed E-state index contributed by atoms with van der Waals surface area (Å²) >= 11 is 0. The lowest BCUT2D eigenvalue weighted by molar-refractivity contribution is -0.134. The highest BCUT2D eigenvalue weighted by Gasteiger charge is 2.35. The lowest BCUT2D eigenvalue weighted by Gasteiger charge is -2.38. The Bertz CT molecular complexity index is 448. The summed E-state index contributed by atoms with van der Waals surface area (Å²) in [5.41, 5.74) is 0. The van der Waals surface area contributed by atoms with Gasteiger partial charge in [0.1, 0.15) is 0 Å². The van der Waals surface area contributed by atoms with Gasteiger partial charge in [0.25, 0.3) is 0 Å². The van der Waals surface area contributed by atoms with Crippen molar-refractivity contribution < 1.29 is 4.79 Å². The molecule has 4 aliphatic rings. The van der Waals surface area contributed by atoms with Gasteiger partial charge >= 0.3 is 0 Å². The highest BCUT2D eigenvalue weighted by Crippen LogP contribution is 2.33. The first-order chi connectivity index (χ1) is 12.2. The molecule has 0 aromatic heterocycles. The van der Waals surface area contributed by atoms with Gasteiger partial charge in [-0.25, -0.2) is 0 Å². The maximum absolute atomic E-state index is 12.9. The molecular formula is C21H37N3O. The Morgan fingerprint density at radius 3 is 2.40 bits per heavy atom. The molecule has 0 saturated carbocycles. The van der Waals surface area contributed by atoms with Gasteiger partial charge in [0.2, 0.25) is 5.91 Å². The van der Waals surface area contributed by atoms with Crippen LogP contribution in [0.4, 0.5) is 0 Å². The predicted molar refractivity (Wildman–Crippen MR) is 101 cm³/mol. The molecular weight excluding hydrogens is 310 g/mol. The summed E-state index contributed by atoms with van der Waals surface area (Å²) < 4.78 is 0. The molecule has 2 bridgehead atoms. The molecule has 1 amide bonds. The number of amides is 1. The van der Waals surface area contributed by atoms with Crippen LogP contribution in [0.25, 0.3) is 0 Å². The normalized spacial score (nSPS) is 37.4. The lowest BCUT2D eigenvalue weighted by atomic mass is 9.88. The summed E-state index contributed by atoms with van der Waals surface area (Å²) in [5, 5.41) is 3.70. The van der Waals surface area contributed by atoms with Gasteiger partial charge in [0, 0.05) is 38.1 Å². The zero-order chi connectivity index (χ0) is 17.2. The van der Waals surface area contributed by atoms with Crippen molar-refractivity contribution in [3.63, 3.8) is 0 Å². The number of fused-ring (bicyclic) bond motifs is 2. The fourth-order valence-electron chi connectivity index (χ4n) is 5.77. The number of rotatable bonds is 4. The molecule has 4 rings (SSSR count). The average molecular weight is 348 g/mol. The van der Waals surface area contributed by atoms with E-state index >= 15 is 0 Å². The fraction of sp³-hybridized carbons (Fsp3) is 0.952. The number of carbonyl (C=O) groups excluding carboxylic acids is 1. The number of carbonyl (C=O) groups is 1. The standard InChI is InChI=1S/C21H37N3O/c1-16-6-9-23(10-7-16)14-17-3-2-8-24(15-17)21(25)13-18-11-19-4-5-20(12-18)22-19/h16-20,22H,2-15H2,1H3. The van der Waals surface area contributed by atoms with E-state index in [1.165, 1.54) is 71.0 Å². The minimum atomic E-state index is 0.447. The van der Waals surface area contributed by atoms with E-state index in [2.05, 4.69) is 22.0 Å². The Kier molecular flexibility index (Phi) is 5.66. The van der Waals surface area contributed by atoms with Crippen LogP contribution in [0.2, 0.25) is 0 Å². The van der Waals surface area contributed by atoms with Crippen LogP contribution in [-0.4, -0.2) is 60.5 Å². The summed E-state index contributed by atoms with van der Waals surface area (Å²) in [6, 6.07) is 1.40. The van der Waals surface area contributed by atoms with Gasteiger partial charge in [-0.1, -0.05) is 6.92 Å². The molecule has 3 atom stereocenters. The largest absolute Gasteiger partial charge is 0.342 e. The second-order valence-electron chi connectivity index (χ2n) is 9.51. The minimum absolute atomic E-state index is 0.447. The third-order valence-electron chi connectivity index (χ3n) is 7.30. The van der Waals surface area contributed by atoms with E-state index in [9.17, 15) is 4.79 Å². The monoisotopic (exact) mass is 347 g/mol.